The van der Waals surface area contributed by atoms with E-state index >= 15 is 0 Å². The minimum absolute atomic E-state index is 0.147. The van der Waals surface area contributed by atoms with Crippen molar-refractivity contribution in [1.29, 1.82) is 0 Å². The van der Waals surface area contributed by atoms with Crippen LogP contribution in [-0.4, -0.2) is 34.7 Å². The zero-order chi connectivity index (χ0) is 14.3. The van der Waals surface area contributed by atoms with E-state index in [2.05, 4.69) is 25.3 Å². The maximum atomic E-state index is 11.7. The van der Waals surface area contributed by atoms with E-state index in [-0.39, 0.29) is 17.9 Å². The molecule has 104 valence electrons. The van der Waals surface area contributed by atoms with E-state index < -0.39 is 24.0 Å². The van der Waals surface area contributed by atoms with E-state index in [1.165, 1.54) is 0 Å². The quantitative estimate of drug-likeness (QED) is 0.530. The fourth-order valence-corrected chi connectivity index (χ4v) is 2.21. The van der Waals surface area contributed by atoms with E-state index in [9.17, 15) is 9.59 Å². The molecule has 0 aliphatic carbocycles. The normalized spacial score (nSPS) is 12.2. The zero-order valence-electron chi connectivity index (χ0n) is 10.2. The Morgan fingerprint density at radius 2 is 1.74 bits per heavy atom. The van der Waals surface area contributed by atoms with Crippen molar-refractivity contribution in [2.75, 3.05) is 11.5 Å². The molecule has 1 unspecified atom stereocenters. The van der Waals surface area contributed by atoms with Crippen LogP contribution in [0.15, 0.2) is 30.3 Å². The molecule has 4 nitrogen and oxygen atoms in total. The molecular formula is C13H16O4S2. The van der Waals surface area contributed by atoms with Crippen LogP contribution in [0, 0.1) is 5.92 Å². The summed E-state index contributed by atoms with van der Waals surface area (Å²) in [6.45, 7) is 0. The topological polar surface area (TPSA) is 63.6 Å². The van der Waals surface area contributed by atoms with Crippen molar-refractivity contribution >= 4 is 37.2 Å². The molecule has 19 heavy (non-hydrogen) atoms. The van der Waals surface area contributed by atoms with Crippen molar-refractivity contribution in [3.63, 3.8) is 0 Å². The van der Waals surface area contributed by atoms with Gasteiger partial charge < -0.3 is 9.84 Å². The average molecular weight is 300 g/mol. The minimum atomic E-state index is -1.18. The van der Waals surface area contributed by atoms with E-state index in [1.807, 2.05) is 6.07 Å². The van der Waals surface area contributed by atoms with Gasteiger partial charge in [-0.05, 0) is 5.56 Å². The third-order valence-corrected chi connectivity index (χ3v) is 3.45. The molecule has 0 aliphatic heterocycles. The third-order valence-electron chi connectivity index (χ3n) is 2.57. The number of carboxylic acid groups (broad SMARTS) is 1. The SMILES string of the molecule is O=C(OC(Cc1ccccc1)C(=O)O)C(CS)CS. The molecule has 1 N–H and O–H groups in total. The lowest BCUT2D eigenvalue weighted by Gasteiger charge is -2.17. The Balaban J connectivity index is 2.69. The number of hydrogen-bond donors (Lipinski definition) is 3. The number of rotatable bonds is 7. The van der Waals surface area contributed by atoms with Crippen molar-refractivity contribution in [2.45, 2.75) is 12.5 Å². The molecule has 0 saturated heterocycles. The summed E-state index contributed by atoms with van der Waals surface area (Å²) in [5, 5.41) is 9.10. The summed E-state index contributed by atoms with van der Waals surface area (Å²) in [6, 6.07) is 9.03. The summed E-state index contributed by atoms with van der Waals surface area (Å²) < 4.78 is 5.02. The van der Waals surface area contributed by atoms with Crippen molar-refractivity contribution in [3.8, 4) is 0 Å². The molecule has 1 aromatic carbocycles. The molecule has 0 heterocycles. The van der Waals surface area contributed by atoms with Gasteiger partial charge in [0.2, 0.25) is 6.10 Å². The van der Waals surface area contributed by atoms with Crippen LogP contribution in [0.1, 0.15) is 5.56 Å². The van der Waals surface area contributed by atoms with E-state index in [0.717, 1.165) is 5.56 Å². The van der Waals surface area contributed by atoms with Crippen LogP contribution in [-0.2, 0) is 20.7 Å². The summed E-state index contributed by atoms with van der Waals surface area (Å²) in [5.74, 6) is -1.67. The number of carboxylic acids is 1. The Morgan fingerprint density at radius 1 is 1.16 bits per heavy atom. The Hall–Kier alpha value is -1.14. The highest BCUT2D eigenvalue weighted by molar-refractivity contribution is 7.81. The van der Waals surface area contributed by atoms with Crippen LogP contribution in [0.4, 0.5) is 0 Å². The molecule has 0 radical (unpaired) electrons. The van der Waals surface area contributed by atoms with Crippen LogP contribution in [0.2, 0.25) is 0 Å². The monoisotopic (exact) mass is 300 g/mol. The number of aliphatic carboxylic acids is 1. The van der Waals surface area contributed by atoms with Gasteiger partial charge in [0.15, 0.2) is 0 Å². The summed E-state index contributed by atoms with van der Waals surface area (Å²) >= 11 is 8.02. The number of carbonyl (C=O) groups is 2. The Kier molecular flexibility index (Phi) is 6.80. The summed E-state index contributed by atoms with van der Waals surface area (Å²) in [5.41, 5.74) is 0.802. The molecule has 0 saturated carbocycles. The molecule has 0 spiro atoms. The maximum Gasteiger partial charge on any atom is 0.345 e. The van der Waals surface area contributed by atoms with Gasteiger partial charge in [-0.1, -0.05) is 30.3 Å². The highest BCUT2D eigenvalue weighted by atomic mass is 32.1. The van der Waals surface area contributed by atoms with E-state index in [0.29, 0.717) is 0 Å². The van der Waals surface area contributed by atoms with Gasteiger partial charge in [-0.15, -0.1) is 0 Å². The Morgan fingerprint density at radius 3 is 2.21 bits per heavy atom. The second-order valence-corrected chi connectivity index (χ2v) is 4.75. The molecule has 1 rings (SSSR count). The molecule has 1 atom stereocenters. The van der Waals surface area contributed by atoms with Gasteiger partial charge in [-0.3, -0.25) is 4.79 Å². The highest BCUT2D eigenvalue weighted by Crippen LogP contribution is 2.11. The smallest absolute Gasteiger partial charge is 0.345 e. The minimum Gasteiger partial charge on any atom is -0.478 e. The molecule has 0 amide bonds. The molecule has 0 aromatic heterocycles. The van der Waals surface area contributed by atoms with Gasteiger partial charge in [0.05, 0.1) is 5.92 Å². The van der Waals surface area contributed by atoms with Crippen molar-refractivity contribution in [2.24, 2.45) is 5.92 Å². The average Bonchev–Trinajstić information content (AvgIpc) is 2.40. The van der Waals surface area contributed by atoms with Gasteiger partial charge in [-0.25, -0.2) is 4.79 Å². The van der Waals surface area contributed by atoms with Crippen molar-refractivity contribution in [3.05, 3.63) is 35.9 Å². The first-order valence-corrected chi connectivity index (χ1v) is 7.04. The third kappa shape index (κ3) is 5.16. The summed E-state index contributed by atoms with van der Waals surface area (Å²) in [7, 11) is 0. The molecule has 0 aliphatic rings. The van der Waals surface area contributed by atoms with E-state index in [1.54, 1.807) is 24.3 Å². The molecule has 6 heteroatoms. The first-order chi connectivity index (χ1) is 9.08. The van der Waals surface area contributed by atoms with Crippen LogP contribution in [0.5, 0.6) is 0 Å². The fraction of sp³-hybridized carbons (Fsp3) is 0.385. The van der Waals surface area contributed by atoms with Gasteiger partial charge in [0.25, 0.3) is 0 Å². The van der Waals surface area contributed by atoms with Crippen molar-refractivity contribution < 1.29 is 19.4 Å². The standard InChI is InChI=1S/C13H16O4S2/c14-12(15)11(6-9-4-2-1-3-5-9)17-13(16)10(7-18)8-19/h1-5,10-11,18-19H,6-8H2,(H,14,15). The van der Waals surface area contributed by atoms with Gasteiger partial charge in [0.1, 0.15) is 0 Å². The lowest BCUT2D eigenvalue weighted by atomic mass is 10.1. The number of ether oxygens (including phenoxy) is 1. The summed E-state index contributed by atoms with van der Waals surface area (Å²) in [4.78, 5) is 22.9. The highest BCUT2D eigenvalue weighted by Gasteiger charge is 2.26. The van der Waals surface area contributed by atoms with Crippen LogP contribution in [0.3, 0.4) is 0 Å². The first kappa shape index (κ1) is 15.9. The maximum absolute atomic E-state index is 11.7. The van der Waals surface area contributed by atoms with Crippen molar-refractivity contribution in [1.82, 2.24) is 0 Å². The molecular weight excluding hydrogens is 284 g/mol. The lowest BCUT2D eigenvalue weighted by Crippen LogP contribution is -2.33. The Bertz CT molecular complexity index is 418. The first-order valence-electron chi connectivity index (χ1n) is 5.77. The fourth-order valence-electron chi connectivity index (χ4n) is 1.45. The number of esters is 1. The zero-order valence-corrected chi connectivity index (χ0v) is 12.0. The number of benzene rings is 1. The predicted octanol–water partition coefficient (Wildman–Crippen LogP) is 1.70. The lowest BCUT2D eigenvalue weighted by molar-refractivity contribution is -0.165. The number of thiol groups is 2. The summed E-state index contributed by atoms with van der Waals surface area (Å²) in [6.07, 6.45) is -1.04. The molecule has 0 fully saturated rings. The number of hydrogen-bond acceptors (Lipinski definition) is 5. The van der Waals surface area contributed by atoms with Gasteiger partial charge >= 0.3 is 11.9 Å². The number of carbonyl (C=O) groups excluding carboxylic acids is 1. The van der Waals surface area contributed by atoms with Gasteiger partial charge in [-0.2, -0.15) is 25.3 Å². The molecule has 1 aromatic rings. The molecule has 0 bridgehead atoms. The van der Waals surface area contributed by atoms with Crippen LogP contribution >= 0.6 is 25.3 Å². The Labute approximate surface area is 123 Å². The second-order valence-electron chi connectivity index (χ2n) is 4.02. The second kappa shape index (κ2) is 8.12. The van der Waals surface area contributed by atoms with Gasteiger partial charge in [0, 0.05) is 17.9 Å². The largest absolute Gasteiger partial charge is 0.478 e. The van der Waals surface area contributed by atoms with Crippen LogP contribution < -0.4 is 0 Å². The predicted molar refractivity (Wildman–Crippen MR) is 78.9 cm³/mol. The van der Waals surface area contributed by atoms with E-state index in [4.69, 9.17) is 9.84 Å². The van der Waals surface area contributed by atoms with Crippen LogP contribution in [0.25, 0.3) is 0 Å².